The molecule has 1 atom stereocenters. The molecule has 0 saturated carbocycles. The van der Waals surface area contributed by atoms with Crippen molar-refractivity contribution >= 4 is 25.6 Å². The molecule has 0 spiro atoms. The van der Waals surface area contributed by atoms with Gasteiger partial charge in [-0.25, -0.2) is 8.42 Å². The van der Waals surface area contributed by atoms with E-state index in [9.17, 15) is 13.2 Å². The van der Waals surface area contributed by atoms with Gasteiger partial charge in [-0.2, -0.15) is 0 Å². The minimum Gasteiger partial charge on any atom is -0.481 e. The van der Waals surface area contributed by atoms with Crippen molar-refractivity contribution in [1.82, 2.24) is 5.32 Å². The third kappa shape index (κ3) is 4.89. The van der Waals surface area contributed by atoms with Crippen LogP contribution in [0.5, 0.6) is 5.75 Å². The summed E-state index contributed by atoms with van der Waals surface area (Å²) in [5.74, 6) is 0.286. The van der Waals surface area contributed by atoms with E-state index in [-0.39, 0.29) is 16.7 Å². The summed E-state index contributed by atoms with van der Waals surface area (Å²) in [5, 5.41) is 2.67. The van der Waals surface area contributed by atoms with Crippen LogP contribution >= 0.6 is 10.7 Å². The molecule has 0 aliphatic heterocycles. The Morgan fingerprint density at radius 1 is 1.33 bits per heavy atom. The quantitative estimate of drug-likeness (QED) is 0.812. The van der Waals surface area contributed by atoms with Crippen molar-refractivity contribution in [2.45, 2.75) is 44.6 Å². The summed E-state index contributed by atoms with van der Waals surface area (Å²) in [6, 6.07) is 4.38. The Morgan fingerprint density at radius 2 is 1.95 bits per heavy atom. The van der Waals surface area contributed by atoms with Crippen molar-refractivity contribution in [2.75, 3.05) is 6.54 Å². The second kappa shape index (κ2) is 7.13. The summed E-state index contributed by atoms with van der Waals surface area (Å²) < 4.78 is 28.4. The number of carbonyl (C=O) groups excluding carboxylic acids is 1. The maximum Gasteiger partial charge on any atom is 0.261 e. The molecular formula is C14H20ClNO4S. The topological polar surface area (TPSA) is 72.5 Å². The molecule has 1 N–H and O–H groups in total. The Morgan fingerprint density at radius 3 is 2.43 bits per heavy atom. The average molecular weight is 334 g/mol. The molecule has 1 amide bonds. The number of hydrogen-bond donors (Lipinski definition) is 1. The minimum absolute atomic E-state index is 0.0193. The highest BCUT2D eigenvalue weighted by molar-refractivity contribution is 8.13. The van der Waals surface area contributed by atoms with Crippen LogP contribution in [-0.4, -0.2) is 27.0 Å². The van der Waals surface area contributed by atoms with Gasteiger partial charge in [0.05, 0.1) is 4.90 Å². The lowest BCUT2D eigenvalue weighted by Gasteiger charge is -2.19. The molecule has 118 valence electrons. The Balaban J connectivity index is 3.10. The van der Waals surface area contributed by atoms with Gasteiger partial charge in [-0.05, 0) is 43.5 Å². The normalized spacial score (nSPS) is 13.0. The monoisotopic (exact) mass is 333 g/mol. The van der Waals surface area contributed by atoms with Gasteiger partial charge in [0.2, 0.25) is 0 Å². The van der Waals surface area contributed by atoms with Gasteiger partial charge in [-0.3, -0.25) is 4.79 Å². The Bertz CT molecular complexity index is 613. The molecule has 21 heavy (non-hydrogen) atoms. The number of carbonyl (C=O) groups is 1. The van der Waals surface area contributed by atoms with Crippen LogP contribution in [0.4, 0.5) is 0 Å². The van der Waals surface area contributed by atoms with Crippen molar-refractivity contribution in [3.63, 3.8) is 0 Å². The molecule has 0 heterocycles. The summed E-state index contributed by atoms with van der Waals surface area (Å²) in [4.78, 5) is 11.7. The van der Waals surface area contributed by atoms with Crippen molar-refractivity contribution < 1.29 is 17.9 Å². The Hall–Kier alpha value is -1.27. The lowest BCUT2D eigenvalue weighted by molar-refractivity contribution is -0.127. The fourth-order valence-corrected chi connectivity index (χ4v) is 2.58. The van der Waals surface area contributed by atoms with Crippen LogP contribution in [0.15, 0.2) is 23.1 Å². The van der Waals surface area contributed by atoms with E-state index in [0.29, 0.717) is 17.9 Å². The second-order valence-corrected chi connectivity index (χ2v) is 7.51. The third-order valence-corrected chi connectivity index (χ3v) is 4.26. The summed E-state index contributed by atoms with van der Waals surface area (Å²) in [6.45, 7) is 7.80. The van der Waals surface area contributed by atoms with Crippen molar-refractivity contribution in [2.24, 2.45) is 0 Å². The van der Waals surface area contributed by atoms with Gasteiger partial charge in [0.25, 0.3) is 15.0 Å². The van der Waals surface area contributed by atoms with Crippen LogP contribution in [0.2, 0.25) is 0 Å². The first-order valence-corrected chi connectivity index (χ1v) is 9.00. The molecule has 0 bridgehead atoms. The summed E-state index contributed by atoms with van der Waals surface area (Å²) in [6.07, 6.45) is -0.666. The Kier molecular flexibility index (Phi) is 6.04. The van der Waals surface area contributed by atoms with E-state index in [0.717, 1.165) is 0 Å². The highest BCUT2D eigenvalue weighted by atomic mass is 35.7. The SMILES string of the molecule is CCNC(=O)C(C)Oc1ccc(S(=O)(=O)Cl)cc1C(C)C. The molecule has 1 unspecified atom stereocenters. The number of hydrogen-bond acceptors (Lipinski definition) is 4. The van der Waals surface area contributed by atoms with E-state index in [2.05, 4.69) is 5.32 Å². The van der Waals surface area contributed by atoms with Crippen molar-refractivity contribution in [1.29, 1.82) is 0 Å². The van der Waals surface area contributed by atoms with Crippen LogP contribution in [0.1, 0.15) is 39.2 Å². The first-order valence-electron chi connectivity index (χ1n) is 6.69. The van der Waals surface area contributed by atoms with E-state index in [1.54, 1.807) is 6.92 Å². The zero-order chi connectivity index (χ0) is 16.2. The number of benzene rings is 1. The van der Waals surface area contributed by atoms with Crippen LogP contribution < -0.4 is 10.1 Å². The average Bonchev–Trinajstić information content (AvgIpc) is 2.37. The zero-order valence-electron chi connectivity index (χ0n) is 12.5. The summed E-state index contributed by atoms with van der Waals surface area (Å²) >= 11 is 0. The van der Waals surface area contributed by atoms with Gasteiger partial charge in [-0.1, -0.05) is 13.8 Å². The first-order chi connectivity index (χ1) is 9.66. The zero-order valence-corrected chi connectivity index (χ0v) is 14.1. The maximum absolute atomic E-state index is 11.7. The van der Waals surface area contributed by atoms with Crippen molar-refractivity contribution in [3.8, 4) is 5.75 Å². The van der Waals surface area contributed by atoms with Gasteiger partial charge >= 0.3 is 0 Å². The van der Waals surface area contributed by atoms with Gasteiger partial charge in [0.1, 0.15) is 5.75 Å². The van der Waals surface area contributed by atoms with E-state index >= 15 is 0 Å². The van der Waals surface area contributed by atoms with Crippen LogP contribution in [0.3, 0.4) is 0 Å². The smallest absolute Gasteiger partial charge is 0.261 e. The first kappa shape index (κ1) is 17.8. The largest absolute Gasteiger partial charge is 0.481 e. The highest BCUT2D eigenvalue weighted by Crippen LogP contribution is 2.31. The predicted octanol–water partition coefficient (Wildman–Crippen LogP) is 2.64. The highest BCUT2D eigenvalue weighted by Gasteiger charge is 2.19. The standard InChI is InChI=1S/C14H20ClNO4S/c1-5-16-14(17)10(4)20-13-7-6-11(21(15,18)19)8-12(13)9(2)3/h6-10H,5H2,1-4H3,(H,16,17). The molecule has 7 heteroatoms. The van der Waals surface area contributed by atoms with Crippen LogP contribution in [0, 0.1) is 0 Å². The number of ether oxygens (including phenoxy) is 1. The minimum atomic E-state index is -3.79. The molecule has 1 aromatic carbocycles. The van der Waals surface area contributed by atoms with E-state index in [4.69, 9.17) is 15.4 Å². The number of nitrogens with one attached hydrogen (secondary N) is 1. The lowest BCUT2D eigenvalue weighted by atomic mass is 10.0. The van der Waals surface area contributed by atoms with Gasteiger partial charge in [-0.15, -0.1) is 0 Å². The fraction of sp³-hybridized carbons (Fsp3) is 0.500. The molecule has 1 rings (SSSR count). The molecule has 0 saturated heterocycles. The van der Waals surface area contributed by atoms with E-state index < -0.39 is 15.2 Å². The molecule has 5 nitrogen and oxygen atoms in total. The summed E-state index contributed by atoms with van der Waals surface area (Å²) in [7, 11) is 1.56. The van der Waals surface area contributed by atoms with Crippen molar-refractivity contribution in [3.05, 3.63) is 23.8 Å². The van der Waals surface area contributed by atoms with Gasteiger partial charge in [0.15, 0.2) is 6.10 Å². The predicted molar refractivity (Wildman–Crippen MR) is 82.3 cm³/mol. The fourth-order valence-electron chi connectivity index (χ4n) is 1.80. The number of halogens is 1. The van der Waals surface area contributed by atoms with Crippen LogP contribution in [-0.2, 0) is 13.8 Å². The third-order valence-electron chi connectivity index (χ3n) is 2.91. The molecule has 0 aromatic heterocycles. The number of rotatable bonds is 6. The number of amides is 1. The summed E-state index contributed by atoms with van der Waals surface area (Å²) in [5.41, 5.74) is 0.688. The molecule has 0 radical (unpaired) electrons. The molecule has 0 aliphatic rings. The van der Waals surface area contributed by atoms with Gasteiger partial charge in [0, 0.05) is 17.2 Å². The van der Waals surface area contributed by atoms with Crippen LogP contribution in [0.25, 0.3) is 0 Å². The lowest BCUT2D eigenvalue weighted by Crippen LogP contribution is -2.36. The van der Waals surface area contributed by atoms with E-state index in [1.165, 1.54) is 18.2 Å². The molecule has 0 aliphatic carbocycles. The number of likely N-dealkylation sites (N-methyl/N-ethyl adjacent to an activating group) is 1. The molecule has 0 fully saturated rings. The second-order valence-electron chi connectivity index (χ2n) is 4.95. The Labute approximate surface area is 130 Å². The molecular weight excluding hydrogens is 314 g/mol. The maximum atomic E-state index is 11.7. The van der Waals surface area contributed by atoms with E-state index in [1.807, 2.05) is 20.8 Å². The van der Waals surface area contributed by atoms with Gasteiger partial charge < -0.3 is 10.1 Å². The molecule has 1 aromatic rings.